The van der Waals surface area contributed by atoms with Crippen molar-refractivity contribution in [3.8, 4) is 12.1 Å². The molecule has 2 aliphatic rings. The summed E-state index contributed by atoms with van der Waals surface area (Å²) in [6.07, 6.45) is 9.92. The van der Waals surface area contributed by atoms with Crippen molar-refractivity contribution in [3.05, 3.63) is 83.4 Å². The summed E-state index contributed by atoms with van der Waals surface area (Å²) in [7, 11) is 0. The number of rotatable bonds is 6. The normalized spacial score (nSPS) is 16.4. The van der Waals surface area contributed by atoms with Crippen LogP contribution in [0.3, 0.4) is 0 Å². The largest absolute Gasteiger partial charge is 0.335 e. The summed E-state index contributed by atoms with van der Waals surface area (Å²) in [4.78, 5) is 3.84. The predicted octanol–water partition coefficient (Wildman–Crippen LogP) is 8.65. The molecule has 194 valence electrons. The van der Waals surface area contributed by atoms with Gasteiger partial charge in [-0.05, 0) is 62.1 Å². The van der Waals surface area contributed by atoms with Crippen LogP contribution in [0.1, 0.15) is 75.3 Å². The smallest absolute Gasteiger partial charge is 0.146 e. The van der Waals surface area contributed by atoms with Crippen molar-refractivity contribution in [2.45, 2.75) is 76.3 Å². The Morgan fingerprint density at radius 2 is 0.921 bits per heavy atom. The maximum absolute atomic E-state index is 15.2. The van der Waals surface area contributed by atoms with Crippen molar-refractivity contribution in [3.63, 3.8) is 0 Å². The van der Waals surface area contributed by atoms with E-state index in [-0.39, 0.29) is 23.7 Å². The van der Waals surface area contributed by atoms with Crippen LogP contribution in [-0.2, 0) is 0 Å². The van der Waals surface area contributed by atoms with Crippen molar-refractivity contribution in [1.82, 2.24) is 0 Å². The molecule has 0 aliphatic heterocycles. The maximum Gasteiger partial charge on any atom is 0.146 e. The third-order valence-corrected chi connectivity index (χ3v) is 7.98. The van der Waals surface area contributed by atoms with Crippen LogP contribution in [0.15, 0.2) is 60.7 Å². The van der Waals surface area contributed by atoms with Gasteiger partial charge in [0.15, 0.2) is 0 Å². The van der Waals surface area contributed by atoms with E-state index in [4.69, 9.17) is 0 Å². The molecule has 2 aliphatic carbocycles. The quantitative estimate of drug-likeness (QED) is 0.333. The van der Waals surface area contributed by atoms with E-state index in [1.807, 2.05) is 9.80 Å². The fourth-order valence-electron chi connectivity index (χ4n) is 6.17. The third-order valence-electron chi connectivity index (χ3n) is 7.98. The molecule has 0 saturated heterocycles. The van der Waals surface area contributed by atoms with Gasteiger partial charge < -0.3 is 9.80 Å². The first-order chi connectivity index (χ1) is 18.6. The van der Waals surface area contributed by atoms with E-state index in [9.17, 15) is 10.5 Å². The van der Waals surface area contributed by atoms with Gasteiger partial charge in [-0.2, -0.15) is 10.5 Å². The average molecular weight is 511 g/mol. The van der Waals surface area contributed by atoms with Crippen molar-refractivity contribution in [2.24, 2.45) is 0 Å². The lowest BCUT2D eigenvalue weighted by atomic mass is 9.91. The summed E-state index contributed by atoms with van der Waals surface area (Å²) in [5.41, 5.74) is 2.58. The van der Waals surface area contributed by atoms with Crippen molar-refractivity contribution < 1.29 is 8.78 Å². The summed E-state index contributed by atoms with van der Waals surface area (Å²) in [6, 6.07) is 21.4. The summed E-state index contributed by atoms with van der Waals surface area (Å²) < 4.78 is 30.4. The topological polar surface area (TPSA) is 54.1 Å². The minimum absolute atomic E-state index is 0.0196. The van der Waals surface area contributed by atoms with Crippen LogP contribution in [-0.4, -0.2) is 12.1 Å². The van der Waals surface area contributed by atoms with Crippen LogP contribution in [0.2, 0.25) is 0 Å². The fourth-order valence-corrected chi connectivity index (χ4v) is 6.17. The Hall–Kier alpha value is -3.90. The summed E-state index contributed by atoms with van der Waals surface area (Å²) >= 11 is 0. The molecule has 0 unspecified atom stereocenters. The number of hydrogen-bond acceptors (Lipinski definition) is 4. The van der Waals surface area contributed by atoms with Crippen LogP contribution in [0.4, 0.5) is 31.5 Å². The lowest BCUT2D eigenvalue weighted by Crippen LogP contribution is -2.35. The molecule has 38 heavy (non-hydrogen) atoms. The number of benzene rings is 3. The molecule has 0 amide bonds. The molecule has 0 radical (unpaired) electrons. The SMILES string of the molecule is N#Cc1cc(N(c2ccccc2F)C2CCCCC2)c(C#N)cc1N(c1ccccc1F)C1CCCCC1. The maximum atomic E-state index is 15.2. The first-order valence-electron chi connectivity index (χ1n) is 13.7. The molecule has 0 N–H and O–H groups in total. The number of halogens is 2. The van der Waals surface area contributed by atoms with E-state index in [0.29, 0.717) is 33.9 Å². The third kappa shape index (κ3) is 5.09. The van der Waals surface area contributed by atoms with Gasteiger partial charge in [-0.3, -0.25) is 0 Å². The molecule has 0 bridgehead atoms. The zero-order valence-corrected chi connectivity index (χ0v) is 21.5. The van der Waals surface area contributed by atoms with Crippen LogP contribution in [0, 0.1) is 34.3 Å². The molecule has 5 rings (SSSR count). The molecule has 0 aromatic heterocycles. The van der Waals surface area contributed by atoms with E-state index in [1.54, 1.807) is 48.5 Å². The number of hydrogen-bond donors (Lipinski definition) is 0. The molecule has 3 aromatic carbocycles. The highest BCUT2D eigenvalue weighted by molar-refractivity contribution is 5.80. The highest BCUT2D eigenvalue weighted by Gasteiger charge is 2.31. The van der Waals surface area contributed by atoms with E-state index in [1.165, 1.54) is 12.1 Å². The zero-order valence-electron chi connectivity index (χ0n) is 21.5. The van der Waals surface area contributed by atoms with Crippen molar-refractivity contribution in [1.29, 1.82) is 10.5 Å². The number of anilines is 4. The molecule has 3 aromatic rings. The molecule has 4 nitrogen and oxygen atoms in total. The van der Waals surface area contributed by atoms with Crippen molar-refractivity contribution >= 4 is 22.7 Å². The second-order valence-corrected chi connectivity index (χ2v) is 10.3. The van der Waals surface area contributed by atoms with Crippen molar-refractivity contribution in [2.75, 3.05) is 9.80 Å². The van der Waals surface area contributed by atoms with Crippen LogP contribution >= 0.6 is 0 Å². The minimum Gasteiger partial charge on any atom is -0.335 e. The highest BCUT2D eigenvalue weighted by Crippen LogP contribution is 2.43. The standard InChI is InChI=1S/C32H32F2N4/c33-27-15-7-9-17-29(27)37(25-11-3-1-4-12-25)31-19-24(22-36)32(20-23(31)21-35)38(26-13-5-2-6-14-26)30-18-10-8-16-28(30)34/h7-10,15-20,25-26H,1-6,11-14H2. The van der Waals surface area contributed by atoms with Gasteiger partial charge in [-0.25, -0.2) is 8.78 Å². The monoisotopic (exact) mass is 510 g/mol. The van der Waals surface area contributed by atoms with Gasteiger partial charge >= 0.3 is 0 Å². The van der Waals surface area contributed by atoms with E-state index in [0.717, 1.165) is 64.2 Å². The summed E-state index contributed by atoms with van der Waals surface area (Å²) in [6.45, 7) is 0. The molecular weight excluding hydrogens is 478 g/mol. The second-order valence-electron chi connectivity index (χ2n) is 10.3. The first-order valence-corrected chi connectivity index (χ1v) is 13.7. The molecule has 2 saturated carbocycles. The van der Waals surface area contributed by atoms with Gasteiger partial charge in [0.1, 0.15) is 23.8 Å². The molecule has 2 fully saturated rings. The Kier molecular flexibility index (Phi) is 7.89. The average Bonchev–Trinajstić information content (AvgIpc) is 2.96. The van der Waals surface area contributed by atoms with E-state index in [2.05, 4.69) is 12.1 Å². The lowest BCUT2D eigenvalue weighted by Gasteiger charge is -2.39. The number of nitrogens with zero attached hydrogens (tertiary/aromatic N) is 4. The summed E-state index contributed by atoms with van der Waals surface area (Å²) in [5.74, 6) is -0.723. The Morgan fingerprint density at radius 3 is 1.26 bits per heavy atom. The van der Waals surface area contributed by atoms with Gasteiger partial charge in [-0.1, -0.05) is 62.8 Å². The number of para-hydroxylation sites is 2. The Balaban J connectivity index is 1.69. The number of nitriles is 2. The zero-order chi connectivity index (χ0) is 26.5. The van der Waals surface area contributed by atoms with Crippen LogP contribution in [0.25, 0.3) is 0 Å². The van der Waals surface area contributed by atoms with Gasteiger partial charge in [0.25, 0.3) is 0 Å². The highest BCUT2D eigenvalue weighted by atomic mass is 19.1. The van der Waals surface area contributed by atoms with Gasteiger partial charge in [-0.15, -0.1) is 0 Å². The van der Waals surface area contributed by atoms with Gasteiger partial charge in [0, 0.05) is 12.1 Å². The second kappa shape index (κ2) is 11.7. The molecule has 0 atom stereocenters. The Bertz CT molecular complexity index is 1260. The van der Waals surface area contributed by atoms with E-state index < -0.39 is 0 Å². The summed E-state index contributed by atoms with van der Waals surface area (Å²) in [5, 5.41) is 20.7. The molecule has 6 heteroatoms. The van der Waals surface area contributed by atoms with E-state index >= 15 is 8.78 Å². The minimum atomic E-state index is -0.361. The fraction of sp³-hybridized carbons (Fsp3) is 0.375. The Labute approximate surface area is 223 Å². The predicted molar refractivity (Wildman–Crippen MR) is 147 cm³/mol. The molecule has 0 spiro atoms. The van der Waals surface area contributed by atoms with Gasteiger partial charge in [0.2, 0.25) is 0 Å². The Morgan fingerprint density at radius 1 is 0.553 bits per heavy atom. The van der Waals surface area contributed by atoms with Crippen LogP contribution in [0.5, 0.6) is 0 Å². The van der Waals surface area contributed by atoms with Gasteiger partial charge in [0.05, 0.1) is 33.9 Å². The molecular formula is C32H32F2N4. The first kappa shape index (κ1) is 25.7. The molecule has 0 heterocycles. The lowest BCUT2D eigenvalue weighted by molar-refractivity contribution is 0.432. The van der Waals surface area contributed by atoms with Crippen LogP contribution < -0.4 is 9.80 Å².